The van der Waals surface area contributed by atoms with E-state index in [0.29, 0.717) is 6.79 Å². The van der Waals surface area contributed by atoms with Crippen molar-refractivity contribution < 1.29 is 9.47 Å². The standard InChI is InChI=1S/C16H24N2O2/c1-3-15(18-9-2-7-17-8-10-18)11-16(4-1)20-13-19-12-14-5-6-14/h1,3-4,11,14,17H,2,5-10,12-13H2. The van der Waals surface area contributed by atoms with E-state index in [-0.39, 0.29) is 0 Å². The van der Waals surface area contributed by atoms with E-state index in [0.717, 1.165) is 44.5 Å². The Morgan fingerprint density at radius 3 is 3.05 bits per heavy atom. The van der Waals surface area contributed by atoms with Gasteiger partial charge in [-0.05, 0) is 43.9 Å². The van der Waals surface area contributed by atoms with Crippen molar-refractivity contribution in [3.63, 3.8) is 0 Å². The van der Waals surface area contributed by atoms with Gasteiger partial charge in [-0.15, -0.1) is 0 Å². The molecular weight excluding hydrogens is 252 g/mol. The van der Waals surface area contributed by atoms with Crippen LogP contribution in [0.4, 0.5) is 5.69 Å². The van der Waals surface area contributed by atoms with Gasteiger partial charge in [-0.1, -0.05) is 6.07 Å². The van der Waals surface area contributed by atoms with E-state index >= 15 is 0 Å². The van der Waals surface area contributed by atoms with Gasteiger partial charge in [0.05, 0.1) is 6.61 Å². The van der Waals surface area contributed by atoms with E-state index in [1.54, 1.807) is 0 Å². The highest BCUT2D eigenvalue weighted by atomic mass is 16.7. The predicted octanol–water partition coefficient (Wildman–Crippen LogP) is 2.25. The van der Waals surface area contributed by atoms with Crippen LogP contribution in [0.2, 0.25) is 0 Å². The quantitative estimate of drug-likeness (QED) is 0.638. The minimum atomic E-state index is 0.363. The fourth-order valence-electron chi connectivity index (χ4n) is 2.48. The highest BCUT2D eigenvalue weighted by Crippen LogP contribution is 2.29. The number of rotatable bonds is 6. The van der Waals surface area contributed by atoms with Crippen molar-refractivity contribution in [2.24, 2.45) is 5.92 Å². The Morgan fingerprint density at radius 2 is 2.15 bits per heavy atom. The average Bonchev–Trinajstić information content (AvgIpc) is 3.30. The Labute approximate surface area is 121 Å². The van der Waals surface area contributed by atoms with Crippen LogP contribution in [0.15, 0.2) is 24.3 Å². The van der Waals surface area contributed by atoms with E-state index < -0.39 is 0 Å². The lowest BCUT2D eigenvalue weighted by Crippen LogP contribution is -2.27. The Kier molecular flexibility index (Phi) is 4.77. The van der Waals surface area contributed by atoms with Crippen molar-refractivity contribution in [1.29, 1.82) is 0 Å². The Bertz CT molecular complexity index is 413. The molecule has 0 bridgehead atoms. The van der Waals surface area contributed by atoms with Crippen LogP contribution in [0.5, 0.6) is 5.75 Å². The van der Waals surface area contributed by atoms with Crippen molar-refractivity contribution in [1.82, 2.24) is 5.32 Å². The summed E-state index contributed by atoms with van der Waals surface area (Å²) in [6.45, 7) is 5.53. The van der Waals surface area contributed by atoms with E-state index in [4.69, 9.17) is 9.47 Å². The summed E-state index contributed by atoms with van der Waals surface area (Å²) in [6, 6.07) is 8.33. The van der Waals surface area contributed by atoms with Gasteiger partial charge in [0, 0.05) is 31.4 Å². The number of nitrogens with one attached hydrogen (secondary N) is 1. The molecule has 1 N–H and O–H groups in total. The third kappa shape index (κ3) is 4.12. The van der Waals surface area contributed by atoms with E-state index in [1.807, 2.05) is 6.07 Å². The Hall–Kier alpha value is -1.26. The fourth-order valence-corrected chi connectivity index (χ4v) is 2.48. The SMILES string of the molecule is c1cc(OCOCC2CC2)cc(N2CCCNCC2)c1. The fraction of sp³-hybridized carbons (Fsp3) is 0.625. The maximum atomic E-state index is 5.68. The van der Waals surface area contributed by atoms with Gasteiger partial charge in [0.25, 0.3) is 0 Å². The molecule has 20 heavy (non-hydrogen) atoms. The molecule has 1 saturated carbocycles. The molecule has 0 spiro atoms. The molecule has 3 rings (SSSR count). The summed E-state index contributed by atoms with van der Waals surface area (Å²) in [5.41, 5.74) is 1.24. The number of hydrogen-bond donors (Lipinski definition) is 1. The molecule has 1 aromatic rings. The predicted molar refractivity (Wildman–Crippen MR) is 80.3 cm³/mol. The molecule has 0 radical (unpaired) electrons. The smallest absolute Gasteiger partial charge is 0.189 e. The first-order valence-electron chi connectivity index (χ1n) is 7.68. The van der Waals surface area contributed by atoms with Crippen LogP contribution in [0.25, 0.3) is 0 Å². The van der Waals surface area contributed by atoms with Crippen molar-refractivity contribution in [2.45, 2.75) is 19.3 Å². The summed E-state index contributed by atoms with van der Waals surface area (Å²) >= 11 is 0. The third-order valence-corrected chi connectivity index (χ3v) is 3.88. The summed E-state index contributed by atoms with van der Waals surface area (Å²) < 4.78 is 11.2. The monoisotopic (exact) mass is 276 g/mol. The normalized spacial score (nSPS) is 19.7. The van der Waals surface area contributed by atoms with Crippen LogP contribution in [0.1, 0.15) is 19.3 Å². The molecule has 2 aliphatic rings. The topological polar surface area (TPSA) is 33.7 Å². The summed E-state index contributed by atoms with van der Waals surface area (Å²) in [7, 11) is 0. The van der Waals surface area contributed by atoms with Gasteiger partial charge in [0.15, 0.2) is 6.79 Å². The molecule has 2 fully saturated rings. The molecule has 1 aliphatic carbocycles. The number of benzene rings is 1. The molecule has 4 nitrogen and oxygen atoms in total. The summed E-state index contributed by atoms with van der Waals surface area (Å²) in [5.74, 6) is 1.69. The van der Waals surface area contributed by atoms with Crippen molar-refractivity contribution in [2.75, 3.05) is 44.5 Å². The van der Waals surface area contributed by atoms with Crippen LogP contribution in [-0.4, -0.2) is 39.6 Å². The number of ether oxygens (including phenoxy) is 2. The first kappa shape index (κ1) is 13.7. The molecular formula is C16H24N2O2. The Balaban J connectivity index is 1.51. The largest absolute Gasteiger partial charge is 0.467 e. The zero-order chi connectivity index (χ0) is 13.6. The van der Waals surface area contributed by atoms with Crippen LogP contribution >= 0.6 is 0 Å². The minimum absolute atomic E-state index is 0.363. The number of anilines is 1. The maximum absolute atomic E-state index is 5.68. The second-order valence-corrected chi connectivity index (χ2v) is 5.66. The Morgan fingerprint density at radius 1 is 1.20 bits per heavy atom. The molecule has 1 saturated heterocycles. The highest BCUT2D eigenvalue weighted by molar-refractivity contribution is 5.50. The van der Waals surface area contributed by atoms with Crippen LogP contribution in [-0.2, 0) is 4.74 Å². The third-order valence-electron chi connectivity index (χ3n) is 3.88. The van der Waals surface area contributed by atoms with E-state index in [9.17, 15) is 0 Å². The first-order valence-corrected chi connectivity index (χ1v) is 7.68. The molecule has 1 aliphatic heterocycles. The molecule has 0 aromatic heterocycles. The molecule has 4 heteroatoms. The van der Waals surface area contributed by atoms with Gasteiger partial charge >= 0.3 is 0 Å². The molecule has 0 unspecified atom stereocenters. The second kappa shape index (κ2) is 6.95. The summed E-state index contributed by atoms with van der Waals surface area (Å²) in [6.07, 6.45) is 3.83. The lowest BCUT2D eigenvalue weighted by molar-refractivity contribution is 0.0100. The van der Waals surface area contributed by atoms with Gasteiger partial charge in [-0.3, -0.25) is 0 Å². The zero-order valence-corrected chi connectivity index (χ0v) is 12.0. The van der Waals surface area contributed by atoms with Gasteiger partial charge in [-0.25, -0.2) is 0 Å². The average molecular weight is 276 g/mol. The van der Waals surface area contributed by atoms with Gasteiger partial charge in [0.1, 0.15) is 5.75 Å². The maximum Gasteiger partial charge on any atom is 0.189 e. The number of nitrogens with zero attached hydrogens (tertiary/aromatic N) is 1. The molecule has 0 amide bonds. The van der Waals surface area contributed by atoms with Crippen molar-refractivity contribution >= 4 is 5.69 Å². The highest BCUT2D eigenvalue weighted by Gasteiger charge is 2.21. The van der Waals surface area contributed by atoms with Crippen molar-refractivity contribution in [3.8, 4) is 5.75 Å². The zero-order valence-electron chi connectivity index (χ0n) is 12.0. The lowest BCUT2D eigenvalue weighted by atomic mass is 10.2. The van der Waals surface area contributed by atoms with Crippen LogP contribution in [0.3, 0.4) is 0 Å². The van der Waals surface area contributed by atoms with Crippen molar-refractivity contribution in [3.05, 3.63) is 24.3 Å². The minimum Gasteiger partial charge on any atom is -0.467 e. The van der Waals surface area contributed by atoms with Crippen LogP contribution < -0.4 is 15.0 Å². The molecule has 110 valence electrons. The summed E-state index contributed by atoms with van der Waals surface area (Å²) in [4.78, 5) is 2.41. The van der Waals surface area contributed by atoms with E-state index in [1.165, 1.54) is 24.9 Å². The number of hydrogen-bond acceptors (Lipinski definition) is 4. The van der Waals surface area contributed by atoms with Crippen LogP contribution in [0, 0.1) is 5.92 Å². The molecule has 0 atom stereocenters. The van der Waals surface area contributed by atoms with E-state index in [2.05, 4.69) is 28.4 Å². The van der Waals surface area contributed by atoms with Gasteiger partial charge in [0.2, 0.25) is 0 Å². The van der Waals surface area contributed by atoms with Gasteiger partial charge in [-0.2, -0.15) is 0 Å². The molecule has 1 aromatic carbocycles. The lowest BCUT2D eigenvalue weighted by Gasteiger charge is -2.22. The van der Waals surface area contributed by atoms with Gasteiger partial charge < -0.3 is 19.7 Å². The first-order chi connectivity index (χ1) is 9.92. The second-order valence-electron chi connectivity index (χ2n) is 5.66. The summed E-state index contributed by atoms with van der Waals surface area (Å²) in [5, 5.41) is 3.43. The molecule has 1 heterocycles.